The van der Waals surface area contributed by atoms with E-state index >= 15 is 0 Å². The van der Waals surface area contributed by atoms with Crippen LogP contribution in [0.1, 0.15) is 32.6 Å². The lowest BCUT2D eigenvalue weighted by molar-refractivity contribution is -0.384. The second-order valence-electron chi connectivity index (χ2n) is 5.04. The normalized spacial score (nSPS) is 20.9. The molecule has 1 saturated carbocycles. The van der Waals surface area contributed by atoms with Crippen LogP contribution >= 0.6 is 0 Å². The van der Waals surface area contributed by atoms with Gasteiger partial charge in [0, 0.05) is 23.7 Å². The fourth-order valence-corrected chi connectivity index (χ4v) is 2.26. The molecule has 5 heteroatoms. The first kappa shape index (κ1) is 13.5. The number of benzene rings is 1. The van der Waals surface area contributed by atoms with E-state index in [-0.39, 0.29) is 17.5 Å². The van der Waals surface area contributed by atoms with Gasteiger partial charge in [-0.05, 0) is 30.9 Å². The topological polar surface area (TPSA) is 72.2 Å². The Morgan fingerprint density at radius 1 is 1.42 bits per heavy atom. The lowest BCUT2D eigenvalue weighted by Gasteiger charge is -2.04. The molecule has 1 aliphatic rings. The van der Waals surface area contributed by atoms with Gasteiger partial charge >= 0.3 is 0 Å². The summed E-state index contributed by atoms with van der Waals surface area (Å²) in [4.78, 5) is 22.0. The first-order valence-electron chi connectivity index (χ1n) is 6.67. The zero-order valence-corrected chi connectivity index (χ0v) is 11.0. The van der Waals surface area contributed by atoms with Crippen molar-refractivity contribution >= 4 is 17.3 Å². The third-order valence-electron chi connectivity index (χ3n) is 3.53. The molecule has 0 radical (unpaired) electrons. The summed E-state index contributed by atoms with van der Waals surface area (Å²) < 4.78 is 0. The van der Waals surface area contributed by atoms with Gasteiger partial charge in [-0.3, -0.25) is 14.9 Å². The summed E-state index contributed by atoms with van der Waals surface area (Å²) in [5.74, 6) is 0.690. The third kappa shape index (κ3) is 3.53. The molecule has 1 fully saturated rings. The molecule has 1 aliphatic carbocycles. The number of nitro benzene ring substituents is 1. The van der Waals surface area contributed by atoms with E-state index in [0.29, 0.717) is 11.6 Å². The molecule has 2 rings (SSSR count). The summed E-state index contributed by atoms with van der Waals surface area (Å²) in [5, 5.41) is 13.3. The highest BCUT2D eigenvalue weighted by atomic mass is 16.6. The van der Waals surface area contributed by atoms with Crippen molar-refractivity contribution in [1.82, 2.24) is 0 Å². The van der Waals surface area contributed by atoms with Crippen molar-refractivity contribution in [2.45, 2.75) is 32.6 Å². The van der Waals surface area contributed by atoms with Crippen LogP contribution in [-0.4, -0.2) is 10.8 Å². The highest BCUT2D eigenvalue weighted by Gasteiger charge is 2.41. The molecule has 5 nitrogen and oxygen atoms in total. The van der Waals surface area contributed by atoms with E-state index in [9.17, 15) is 14.9 Å². The minimum atomic E-state index is -0.451. The van der Waals surface area contributed by atoms with Gasteiger partial charge in [0.1, 0.15) is 0 Å². The lowest BCUT2D eigenvalue weighted by Crippen LogP contribution is -2.14. The van der Waals surface area contributed by atoms with Crippen LogP contribution < -0.4 is 5.32 Å². The molecule has 2 atom stereocenters. The van der Waals surface area contributed by atoms with E-state index in [1.165, 1.54) is 18.6 Å². The highest BCUT2D eigenvalue weighted by Crippen LogP contribution is 2.43. The second kappa shape index (κ2) is 5.82. The Kier molecular flexibility index (Phi) is 4.14. The summed E-state index contributed by atoms with van der Waals surface area (Å²) in [7, 11) is 0. The van der Waals surface area contributed by atoms with Crippen molar-refractivity contribution in [2.75, 3.05) is 5.32 Å². The number of nitrogens with zero attached hydrogens (tertiary/aromatic N) is 1. The average molecular weight is 262 g/mol. The van der Waals surface area contributed by atoms with Crippen LogP contribution in [0.4, 0.5) is 11.4 Å². The first-order valence-corrected chi connectivity index (χ1v) is 6.67. The van der Waals surface area contributed by atoms with E-state index in [4.69, 9.17) is 0 Å². The number of carbonyl (C=O) groups is 1. The molecule has 0 heterocycles. The molecule has 0 aromatic heterocycles. The minimum absolute atomic E-state index is 0.0326. The van der Waals surface area contributed by atoms with Crippen molar-refractivity contribution < 1.29 is 9.72 Å². The van der Waals surface area contributed by atoms with Crippen LogP contribution in [0.2, 0.25) is 0 Å². The lowest BCUT2D eigenvalue weighted by atomic mass is 10.1. The van der Waals surface area contributed by atoms with E-state index in [1.807, 2.05) is 0 Å². The van der Waals surface area contributed by atoms with Gasteiger partial charge in [0.25, 0.3) is 5.69 Å². The van der Waals surface area contributed by atoms with Crippen LogP contribution in [-0.2, 0) is 4.79 Å². The van der Waals surface area contributed by atoms with E-state index in [0.717, 1.165) is 19.3 Å². The van der Waals surface area contributed by atoms with E-state index in [2.05, 4.69) is 12.2 Å². The Morgan fingerprint density at radius 2 is 2.11 bits per heavy atom. The van der Waals surface area contributed by atoms with Crippen LogP contribution in [0.5, 0.6) is 0 Å². The number of hydrogen-bond donors (Lipinski definition) is 1. The molecule has 1 N–H and O–H groups in total. The average Bonchev–Trinajstić information content (AvgIpc) is 3.16. The highest BCUT2D eigenvalue weighted by molar-refractivity contribution is 5.94. The molecule has 19 heavy (non-hydrogen) atoms. The first-order chi connectivity index (χ1) is 9.11. The second-order valence-corrected chi connectivity index (χ2v) is 5.04. The number of rotatable bonds is 6. The van der Waals surface area contributed by atoms with E-state index < -0.39 is 4.92 Å². The minimum Gasteiger partial charge on any atom is -0.326 e. The Hall–Kier alpha value is -1.91. The van der Waals surface area contributed by atoms with Gasteiger partial charge in [-0.1, -0.05) is 19.8 Å². The molecule has 0 bridgehead atoms. The maximum absolute atomic E-state index is 11.9. The standard InChI is InChI=1S/C14H18N2O3/c1-2-3-4-10-9-13(10)14(17)15-11-5-7-12(8-6-11)16(18)19/h5-8,10,13H,2-4,9H2,1H3,(H,15,17)/t10-,13+/m1/s1. The number of anilines is 1. The van der Waals surface area contributed by atoms with Gasteiger partial charge < -0.3 is 5.32 Å². The number of carbonyl (C=O) groups excluding carboxylic acids is 1. The molecule has 0 aliphatic heterocycles. The maximum atomic E-state index is 11.9. The molecule has 1 aromatic rings. The van der Waals surface area contributed by atoms with Gasteiger partial charge in [-0.15, -0.1) is 0 Å². The Labute approximate surface area is 112 Å². The molecule has 1 amide bonds. The summed E-state index contributed by atoms with van der Waals surface area (Å²) in [6, 6.07) is 5.94. The molecule has 0 unspecified atom stereocenters. The number of hydrogen-bond acceptors (Lipinski definition) is 3. The van der Waals surface area contributed by atoms with Crippen molar-refractivity contribution in [1.29, 1.82) is 0 Å². The molecular formula is C14H18N2O3. The molecule has 1 aromatic carbocycles. The third-order valence-corrected chi connectivity index (χ3v) is 3.53. The predicted molar refractivity (Wildman–Crippen MR) is 72.8 cm³/mol. The van der Waals surface area contributed by atoms with Gasteiger partial charge in [-0.25, -0.2) is 0 Å². The zero-order valence-electron chi connectivity index (χ0n) is 11.0. The van der Waals surface area contributed by atoms with Crippen molar-refractivity contribution in [2.24, 2.45) is 11.8 Å². The van der Waals surface area contributed by atoms with Gasteiger partial charge in [0.05, 0.1) is 4.92 Å². The predicted octanol–water partition coefficient (Wildman–Crippen LogP) is 3.36. The Balaban J connectivity index is 1.84. The molecule has 0 saturated heterocycles. The van der Waals surface area contributed by atoms with Crippen molar-refractivity contribution in [3.63, 3.8) is 0 Å². The molecule has 0 spiro atoms. The van der Waals surface area contributed by atoms with Gasteiger partial charge in [0.2, 0.25) is 5.91 Å². The fourth-order valence-electron chi connectivity index (χ4n) is 2.26. The number of amides is 1. The quantitative estimate of drug-likeness (QED) is 0.631. The number of nitrogens with one attached hydrogen (secondary N) is 1. The molecule has 102 valence electrons. The van der Waals surface area contributed by atoms with Crippen LogP contribution in [0.15, 0.2) is 24.3 Å². The van der Waals surface area contributed by atoms with E-state index in [1.54, 1.807) is 12.1 Å². The Morgan fingerprint density at radius 3 is 2.68 bits per heavy atom. The summed E-state index contributed by atoms with van der Waals surface area (Å²) in [6.45, 7) is 2.15. The smallest absolute Gasteiger partial charge is 0.269 e. The Bertz CT molecular complexity index is 470. The van der Waals surface area contributed by atoms with Gasteiger partial charge in [-0.2, -0.15) is 0 Å². The van der Waals surface area contributed by atoms with Crippen LogP contribution in [0.3, 0.4) is 0 Å². The fraction of sp³-hybridized carbons (Fsp3) is 0.500. The summed E-state index contributed by atoms with van der Waals surface area (Å²) in [6.07, 6.45) is 4.42. The summed E-state index contributed by atoms with van der Waals surface area (Å²) >= 11 is 0. The number of unbranched alkanes of at least 4 members (excludes halogenated alkanes) is 1. The maximum Gasteiger partial charge on any atom is 0.269 e. The summed E-state index contributed by atoms with van der Waals surface area (Å²) in [5.41, 5.74) is 0.655. The number of non-ortho nitro benzene ring substituents is 1. The number of nitro groups is 1. The van der Waals surface area contributed by atoms with Crippen LogP contribution in [0, 0.1) is 22.0 Å². The molecular weight excluding hydrogens is 244 g/mol. The monoisotopic (exact) mass is 262 g/mol. The largest absolute Gasteiger partial charge is 0.326 e. The SMILES string of the molecule is CCCC[C@@H]1C[C@@H]1C(=O)Nc1ccc([N+](=O)[O-])cc1. The zero-order chi connectivity index (χ0) is 13.8. The van der Waals surface area contributed by atoms with Crippen molar-refractivity contribution in [3.05, 3.63) is 34.4 Å². The van der Waals surface area contributed by atoms with Crippen LogP contribution in [0.25, 0.3) is 0 Å². The van der Waals surface area contributed by atoms with Crippen molar-refractivity contribution in [3.8, 4) is 0 Å². The van der Waals surface area contributed by atoms with Gasteiger partial charge in [0.15, 0.2) is 0 Å².